The third-order valence-electron chi connectivity index (χ3n) is 3.62. The minimum atomic E-state index is -0.461. The van der Waals surface area contributed by atoms with Crippen LogP contribution in [0.4, 0.5) is 0 Å². The lowest BCUT2D eigenvalue weighted by Crippen LogP contribution is -2.55. The maximum Gasteiger partial charge on any atom is 0.276 e. The average molecular weight is 264 g/mol. The van der Waals surface area contributed by atoms with E-state index in [0.29, 0.717) is 18.8 Å². The van der Waals surface area contributed by atoms with Gasteiger partial charge in [0.2, 0.25) is 5.91 Å². The zero-order chi connectivity index (χ0) is 13.4. The summed E-state index contributed by atoms with van der Waals surface area (Å²) in [5, 5.41) is 13.8. The van der Waals surface area contributed by atoms with Gasteiger partial charge in [-0.15, -0.1) is 5.10 Å². The standard InChI is InChI=1S/C11H16N6O2/c1-7-10(18)13-2-3-16(7)11(19)9-6-17(15-14-9)8-4-12-5-8/h6-8,12H,2-5H2,1H3,(H,13,18). The number of carbonyl (C=O) groups is 2. The highest BCUT2D eigenvalue weighted by molar-refractivity contribution is 5.96. The van der Waals surface area contributed by atoms with Crippen molar-refractivity contribution in [2.45, 2.75) is 19.0 Å². The first-order valence-electron chi connectivity index (χ1n) is 6.38. The van der Waals surface area contributed by atoms with E-state index in [2.05, 4.69) is 20.9 Å². The molecule has 3 heterocycles. The van der Waals surface area contributed by atoms with Gasteiger partial charge in [-0.3, -0.25) is 9.59 Å². The lowest BCUT2D eigenvalue weighted by atomic mass is 10.2. The Labute approximate surface area is 110 Å². The second-order valence-corrected chi connectivity index (χ2v) is 4.86. The van der Waals surface area contributed by atoms with Gasteiger partial charge in [0.1, 0.15) is 6.04 Å². The molecule has 0 radical (unpaired) electrons. The maximum absolute atomic E-state index is 12.3. The Morgan fingerprint density at radius 3 is 2.95 bits per heavy atom. The second kappa shape index (κ2) is 4.61. The first-order valence-corrected chi connectivity index (χ1v) is 6.38. The topological polar surface area (TPSA) is 92.2 Å². The van der Waals surface area contributed by atoms with E-state index in [1.54, 1.807) is 17.8 Å². The van der Waals surface area contributed by atoms with Crippen LogP contribution < -0.4 is 10.6 Å². The van der Waals surface area contributed by atoms with Crippen LogP contribution in [-0.2, 0) is 4.79 Å². The highest BCUT2D eigenvalue weighted by Crippen LogP contribution is 2.13. The zero-order valence-corrected chi connectivity index (χ0v) is 10.7. The third-order valence-corrected chi connectivity index (χ3v) is 3.62. The smallest absolute Gasteiger partial charge is 0.276 e. The van der Waals surface area contributed by atoms with Gasteiger partial charge in [-0.05, 0) is 6.92 Å². The van der Waals surface area contributed by atoms with Gasteiger partial charge in [-0.1, -0.05) is 5.21 Å². The van der Waals surface area contributed by atoms with Crippen LogP contribution in [0.3, 0.4) is 0 Å². The molecule has 1 atom stereocenters. The van der Waals surface area contributed by atoms with Crippen LogP contribution in [0.2, 0.25) is 0 Å². The molecule has 0 saturated carbocycles. The SMILES string of the molecule is CC1C(=O)NCCN1C(=O)c1cn(C2CNC2)nn1. The van der Waals surface area contributed by atoms with Crippen molar-refractivity contribution in [2.24, 2.45) is 0 Å². The van der Waals surface area contributed by atoms with Crippen LogP contribution in [0.15, 0.2) is 6.20 Å². The van der Waals surface area contributed by atoms with Gasteiger partial charge in [0.25, 0.3) is 5.91 Å². The molecular formula is C11H16N6O2. The Kier molecular flexibility index (Phi) is 2.94. The second-order valence-electron chi connectivity index (χ2n) is 4.86. The van der Waals surface area contributed by atoms with E-state index in [0.717, 1.165) is 13.1 Å². The van der Waals surface area contributed by atoms with E-state index in [-0.39, 0.29) is 17.9 Å². The lowest BCUT2D eigenvalue weighted by Gasteiger charge is -2.32. The van der Waals surface area contributed by atoms with Crippen molar-refractivity contribution in [1.82, 2.24) is 30.5 Å². The summed E-state index contributed by atoms with van der Waals surface area (Å²) in [5.74, 6) is -0.365. The molecule has 1 aromatic heterocycles. The molecule has 0 bridgehead atoms. The number of hydrogen-bond donors (Lipinski definition) is 2. The first-order chi connectivity index (χ1) is 9.16. The van der Waals surface area contributed by atoms with Crippen LogP contribution in [-0.4, -0.2) is 63.9 Å². The van der Waals surface area contributed by atoms with E-state index in [9.17, 15) is 9.59 Å². The van der Waals surface area contributed by atoms with Crippen molar-refractivity contribution < 1.29 is 9.59 Å². The predicted octanol–water partition coefficient (Wildman–Crippen LogP) is -1.62. The number of carbonyl (C=O) groups excluding carboxylic acids is 2. The fourth-order valence-electron chi connectivity index (χ4n) is 2.22. The molecule has 0 spiro atoms. The molecular weight excluding hydrogens is 248 g/mol. The van der Waals surface area contributed by atoms with Crippen LogP contribution in [0.1, 0.15) is 23.5 Å². The van der Waals surface area contributed by atoms with Crippen LogP contribution in [0.25, 0.3) is 0 Å². The quantitative estimate of drug-likeness (QED) is 0.670. The fourth-order valence-corrected chi connectivity index (χ4v) is 2.22. The lowest BCUT2D eigenvalue weighted by molar-refractivity contribution is -0.127. The van der Waals surface area contributed by atoms with Gasteiger partial charge in [-0.2, -0.15) is 0 Å². The maximum atomic E-state index is 12.3. The molecule has 2 aliphatic heterocycles. The molecule has 8 nitrogen and oxygen atoms in total. The van der Waals surface area contributed by atoms with Crippen molar-refractivity contribution >= 4 is 11.8 Å². The van der Waals surface area contributed by atoms with Crippen molar-refractivity contribution in [3.05, 3.63) is 11.9 Å². The summed E-state index contributed by atoms with van der Waals surface area (Å²) in [4.78, 5) is 25.4. The molecule has 8 heteroatoms. The van der Waals surface area contributed by atoms with Crippen molar-refractivity contribution in [1.29, 1.82) is 0 Å². The fraction of sp³-hybridized carbons (Fsp3) is 0.636. The Hall–Kier alpha value is -1.96. The highest BCUT2D eigenvalue weighted by atomic mass is 16.2. The normalized spacial score (nSPS) is 23.9. The monoisotopic (exact) mass is 264 g/mol. The Bertz CT molecular complexity index is 509. The van der Waals surface area contributed by atoms with Crippen LogP contribution in [0.5, 0.6) is 0 Å². The molecule has 1 aromatic rings. The molecule has 19 heavy (non-hydrogen) atoms. The molecule has 2 N–H and O–H groups in total. The number of aromatic nitrogens is 3. The average Bonchev–Trinajstić information content (AvgIpc) is 2.79. The number of rotatable bonds is 2. The van der Waals surface area contributed by atoms with Crippen molar-refractivity contribution in [3.63, 3.8) is 0 Å². The summed E-state index contributed by atoms with van der Waals surface area (Å²) in [5.41, 5.74) is 0.299. The summed E-state index contributed by atoms with van der Waals surface area (Å²) in [6, 6.07) is -0.187. The van der Waals surface area contributed by atoms with Gasteiger partial charge in [0, 0.05) is 26.2 Å². The number of hydrogen-bond acceptors (Lipinski definition) is 5. The number of nitrogens with zero attached hydrogens (tertiary/aromatic N) is 4. The molecule has 2 saturated heterocycles. The van der Waals surface area contributed by atoms with Gasteiger partial charge in [0.05, 0.1) is 12.2 Å². The Balaban J connectivity index is 1.75. The molecule has 2 aliphatic rings. The van der Waals surface area contributed by atoms with E-state index in [1.165, 1.54) is 4.90 Å². The Morgan fingerprint density at radius 1 is 1.47 bits per heavy atom. The number of amides is 2. The van der Waals surface area contributed by atoms with E-state index < -0.39 is 6.04 Å². The zero-order valence-electron chi connectivity index (χ0n) is 10.7. The summed E-state index contributed by atoms with van der Waals surface area (Å²) < 4.78 is 1.71. The molecule has 0 aliphatic carbocycles. The molecule has 102 valence electrons. The van der Waals surface area contributed by atoms with Gasteiger partial charge in [0.15, 0.2) is 5.69 Å². The molecule has 2 amide bonds. The molecule has 3 rings (SSSR count). The summed E-state index contributed by atoms with van der Waals surface area (Å²) in [7, 11) is 0. The molecule has 0 aromatic carbocycles. The third kappa shape index (κ3) is 2.07. The minimum absolute atomic E-state index is 0.129. The van der Waals surface area contributed by atoms with Crippen LogP contribution >= 0.6 is 0 Å². The first kappa shape index (κ1) is 12.1. The van der Waals surface area contributed by atoms with Crippen molar-refractivity contribution in [2.75, 3.05) is 26.2 Å². The van der Waals surface area contributed by atoms with E-state index in [4.69, 9.17) is 0 Å². The molecule has 2 fully saturated rings. The van der Waals surface area contributed by atoms with Gasteiger partial charge < -0.3 is 15.5 Å². The van der Waals surface area contributed by atoms with Gasteiger partial charge >= 0.3 is 0 Å². The summed E-state index contributed by atoms with van der Waals surface area (Å²) in [6.45, 7) is 4.39. The van der Waals surface area contributed by atoms with Crippen LogP contribution in [0, 0.1) is 0 Å². The highest BCUT2D eigenvalue weighted by Gasteiger charge is 2.31. The largest absolute Gasteiger partial charge is 0.353 e. The van der Waals surface area contributed by atoms with E-state index in [1.807, 2.05) is 0 Å². The number of piperazine rings is 1. The van der Waals surface area contributed by atoms with Gasteiger partial charge in [-0.25, -0.2) is 4.68 Å². The number of nitrogens with one attached hydrogen (secondary N) is 2. The minimum Gasteiger partial charge on any atom is -0.353 e. The van der Waals surface area contributed by atoms with E-state index >= 15 is 0 Å². The summed E-state index contributed by atoms with van der Waals surface area (Å²) in [6.07, 6.45) is 1.66. The van der Waals surface area contributed by atoms with Crippen molar-refractivity contribution in [3.8, 4) is 0 Å². The Morgan fingerprint density at radius 2 is 2.26 bits per heavy atom. The predicted molar refractivity (Wildman–Crippen MR) is 65.4 cm³/mol. The summed E-state index contributed by atoms with van der Waals surface area (Å²) >= 11 is 0. The molecule has 1 unspecified atom stereocenters.